The van der Waals surface area contributed by atoms with Crippen molar-refractivity contribution in [3.8, 4) is 11.5 Å². The number of nitrogens with zero attached hydrogens (tertiary/aromatic N) is 2. The van der Waals surface area contributed by atoms with Crippen LogP contribution < -0.4 is 14.8 Å². The van der Waals surface area contributed by atoms with Crippen molar-refractivity contribution in [1.29, 1.82) is 0 Å². The number of hydrogen-bond donors (Lipinski definition) is 1. The molecule has 0 spiro atoms. The van der Waals surface area contributed by atoms with E-state index in [0.717, 1.165) is 18.7 Å². The fraction of sp³-hybridized carbons (Fsp3) is 0.429. The Morgan fingerprint density at radius 1 is 1.30 bits per heavy atom. The fourth-order valence-electron chi connectivity index (χ4n) is 1.75. The van der Waals surface area contributed by atoms with Gasteiger partial charge in [-0.1, -0.05) is 18.1 Å². The van der Waals surface area contributed by atoms with Gasteiger partial charge in [0.2, 0.25) is 0 Å². The molecule has 0 saturated carbocycles. The van der Waals surface area contributed by atoms with E-state index < -0.39 is 0 Å². The van der Waals surface area contributed by atoms with E-state index in [1.807, 2.05) is 18.2 Å². The van der Waals surface area contributed by atoms with Crippen LogP contribution in [0.5, 0.6) is 11.5 Å². The summed E-state index contributed by atoms with van der Waals surface area (Å²) in [7, 11) is 1.62. The summed E-state index contributed by atoms with van der Waals surface area (Å²) in [5.41, 5.74) is 1.14. The zero-order valence-electron chi connectivity index (χ0n) is 12.0. The van der Waals surface area contributed by atoms with Gasteiger partial charge in [0.05, 0.1) is 7.11 Å². The van der Waals surface area contributed by atoms with Gasteiger partial charge in [-0.05, 0) is 31.2 Å². The Balaban J connectivity index is 2.03. The van der Waals surface area contributed by atoms with Gasteiger partial charge in [0.25, 0.3) is 5.89 Å². The maximum absolute atomic E-state index is 5.65. The summed E-state index contributed by atoms with van der Waals surface area (Å²) in [6.07, 6.45) is 0. The van der Waals surface area contributed by atoms with Gasteiger partial charge in [-0.2, -0.15) is 4.98 Å². The van der Waals surface area contributed by atoms with E-state index in [4.69, 9.17) is 14.0 Å². The predicted octanol–water partition coefficient (Wildman–Crippen LogP) is 2.08. The summed E-state index contributed by atoms with van der Waals surface area (Å²) in [5, 5.41) is 6.98. The molecule has 0 unspecified atom stereocenters. The average Bonchev–Trinajstić information content (AvgIpc) is 2.88. The molecule has 0 aliphatic carbocycles. The maximum atomic E-state index is 5.65. The van der Waals surface area contributed by atoms with Crippen molar-refractivity contribution < 1.29 is 14.0 Å². The Morgan fingerprint density at radius 3 is 2.80 bits per heavy atom. The van der Waals surface area contributed by atoms with Crippen molar-refractivity contribution in [1.82, 2.24) is 15.5 Å². The lowest BCUT2D eigenvalue weighted by atomic mass is 10.2. The van der Waals surface area contributed by atoms with Crippen molar-refractivity contribution >= 4 is 0 Å². The molecule has 0 atom stereocenters. The van der Waals surface area contributed by atoms with Crippen LogP contribution in [0.1, 0.15) is 24.2 Å². The topological polar surface area (TPSA) is 69.4 Å². The van der Waals surface area contributed by atoms with Crippen LogP contribution in [-0.4, -0.2) is 23.8 Å². The van der Waals surface area contributed by atoms with Gasteiger partial charge in [0, 0.05) is 6.54 Å². The molecule has 0 aliphatic heterocycles. The second-order valence-electron chi connectivity index (χ2n) is 4.29. The zero-order chi connectivity index (χ0) is 14.4. The van der Waals surface area contributed by atoms with Gasteiger partial charge in [-0.3, -0.25) is 0 Å². The van der Waals surface area contributed by atoms with Crippen LogP contribution in [-0.2, 0) is 13.2 Å². The Hall–Kier alpha value is -2.08. The SMILES string of the molecule is CCNCc1ccc(OCc2nc(C)no2)c(OC)c1. The lowest BCUT2D eigenvalue weighted by molar-refractivity contribution is 0.233. The lowest BCUT2D eigenvalue weighted by Gasteiger charge is -2.11. The highest BCUT2D eigenvalue weighted by Crippen LogP contribution is 2.28. The molecule has 2 rings (SSSR count). The molecule has 2 aromatic rings. The molecule has 0 amide bonds. The highest BCUT2D eigenvalue weighted by molar-refractivity contribution is 5.42. The largest absolute Gasteiger partial charge is 0.493 e. The van der Waals surface area contributed by atoms with Crippen LogP contribution in [0.25, 0.3) is 0 Å². The summed E-state index contributed by atoms with van der Waals surface area (Å²) in [4.78, 5) is 4.09. The number of aromatic nitrogens is 2. The Bertz CT molecular complexity index is 554. The van der Waals surface area contributed by atoms with E-state index >= 15 is 0 Å². The molecule has 6 nitrogen and oxygen atoms in total. The number of rotatable bonds is 7. The minimum Gasteiger partial charge on any atom is -0.493 e. The molecular weight excluding hydrogens is 258 g/mol. The lowest BCUT2D eigenvalue weighted by Crippen LogP contribution is -2.11. The molecule has 20 heavy (non-hydrogen) atoms. The molecule has 1 heterocycles. The van der Waals surface area contributed by atoms with Gasteiger partial charge in [0.15, 0.2) is 23.9 Å². The van der Waals surface area contributed by atoms with Gasteiger partial charge in [0.1, 0.15) is 0 Å². The zero-order valence-corrected chi connectivity index (χ0v) is 12.0. The van der Waals surface area contributed by atoms with Gasteiger partial charge < -0.3 is 19.3 Å². The second-order valence-corrected chi connectivity index (χ2v) is 4.29. The minimum atomic E-state index is 0.226. The molecule has 0 saturated heterocycles. The molecule has 1 N–H and O–H groups in total. The summed E-state index contributed by atoms with van der Waals surface area (Å²) in [5.74, 6) is 2.39. The number of methoxy groups -OCH3 is 1. The van der Waals surface area contributed by atoms with Crippen molar-refractivity contribution in [2.24, 2.45) is 0 Å². The smallest absolute Gasteiger partial charge is 0.264 e. The molecule has 1 aromatic carbocycles. The van der Waals surface area contributed by atoms with Crippen LogP contribution in [0, 0.1) is 6.92 Å². The number of hydrogen-bond acceptors (Lipinski definition) is 6. The Morgan fingerprint density at radius 2 is 2.15 bits per heavy atom. The summed E-state index contributed by atoms with van der Waals surface area (Å²) < 4.78 is 16.0. The van der Waals surface area contributed by atoms with E-state index in [1.165, 1.54) is 0 Å². The Kier molecular flexibility index (Phi) is 4.95. The molecule has 0 bridgehead atoms. The number of ether oxygens (including phenoxy) is 2. The first kappa shape index (κ1) is 14.3. The van der Waals surface area contributed by atoms with Crippen molar-refractivity contribution in [3.05, 3.63) is 35.5 Å². The molecule has 6 heteroatoms. The predicted molar refractivity (Wildman–Crippen MR) is 73.7 cm³/mol. The molecular formula is C14H19N3O3. The number of nitrogens with one attached hydrogen (secondary N) is 1. The normalized spacial score (nSPS) is 10.6. The van der Waals surface area contributed by atoms with E-state index in [9.17, 15) is 0 Å². The van der Waals surface area contributed by atoms with E-state index in [-0.39, 0.29) is 6.61 Å². The van der Waals surface area contributed by atoms with E-state index in [1.54, 1.807) is 14.0 Å². The van der Waals surface area contributed by atoms with Gasteiger partial charge in [-0.25, -0.2) is 0 Å². The summed E-state index contributed by atoms with van der Waals surface area (Å²) in [6.45, 7) is 5.79. The van der Waals surface area contributed by atoms with Crippen molar-refractivity contribution in [2.75, 3.05) is 13.7 Å². The fourth-order valence-corrected chi connectivity index (χ4v) is 1.75. The van der Waals surface area contributed by atoms with Crippen LogP contribution in [0.15, 0.2) is 22.7 Å². The number of benzene rings is 1. The molecule has 0 fully saturated rings. The first-order chi connectivity index (χ1) is 9.72. The standard InChI is InChI=1S/C14H19N3O3/c1-4-15-8-11-5-6-12(13(7-11)18-3)19-9-14-16-10(2)17-20-14/h5-7,15H,4,8-9H2,1-3H3. The first-order valence-corrected chi connectivity index (χ1v) is 6.52. The monoisotopic (exact) mass is 277 g/mol. The summed E-state index contributed by atoms with van der Waals surface area (Å²) >= 11 is 0. The highest BCUT2D eigenvalue weighted by atomic mass is 16.5. The second kappa shape index (κ2) is 6.91. The quantitative estimate of drug-likeness (QED) is 0.835. The molecule has 108 valence electrons. The van der Waals surface area contributed by atoms with Gasteiger partial charge >= 0.3 is 0 Å². The van der Waals surface area contributed by atoms with E-state index in [0.29, 0.717) is 23.2 Å². The minimum absolute atomic E-state index is 0.226. The average molecular weight is 277 g/mol. The third-order valence-corrected chi connectivity index (χ3v) is 2.73. The van der Waals surface area contributed by atoms with Crippen LogP contribution >= 0.6 is 0 Å². The maximum Gasteiger partial charge on any atom is 0.264 e. The van der Waals surface area contributed by atoms with Crippen molar-refractivity contribution in [3.63, 3.8) is 0 Å². The summed E-state index contributed by atoms with van der Waals surface area (Å²) in [6, 6.07) is 5.84. The van der Waals surface area contributed by atoms with Crippen LogP contribution in [0.4, 0.5) is 0 Å². The van der Waals surface area contributed by atoms with Crippen LogP contribution in [0.3, 0.4) is 0 Å². The Labute approximate surface area is 118 Å². The first-order valence-electron chi connectivity index (χ1n) is 6.52. The van der Waals surface area contributed by atoms with Gasteiger partial charge in [-0.15, -0.1) is 0 Å². The van der Waals surface area contributed by atoms with Crippen LogP contribution in [0.2, 0.25) is 0 Å². The van der Waals surface area contributed by atoms with Crippen molar-refractivity contribution in [2.45, 2.75) is 27.0 Å². The highest BCUT2D eigenvalue weighted by Gasteiger charge is 2.08. The number of aryl methyl sites for hydroxylation is 1. The molecule has 0 radical (unpaired) electrons. The third-order valence-electron chi connectivity index (χ3n) is 2.73. The molecule has 1 aromatic heterocycles. The molecule has 0 aliphatic rings. The van der Waals surface area contributed by atoms with E-state index in [2.05, 4.69) is 22.4 Å². The third kappa shape index (κ3) is 3.71.